The fraction of sp³-hybridized carbons (Fsp3) is 0.250. The lowest BCUT2D eigenvalue weighted by Crippen LogP contribution is -2.26. The van der Waals surface area contributed by atoms with Gasteiger partial charge in [0.1, 0.15) is 12.4 Å². The zero-order chi connectivity index (χ0) is 18.8. The predicted octanol–water partition coefficient (Wildman–Crippen LogP) is 3.01. The van der Waals surface area contributed by atoms with Gasteiger partial charge in [0, 0.05) is 6.92 Å². The average Bonchev–Trinajstić information content (AvgIpc) is 2.67. The van der Waals surface area contributed by atoms with Gasteiger partial charge in [-0.15, -0.1) is 0 Å². The van der Waals surface area contributed by atoms with E-state index in [0.29, 0.717) is 6.61 Å². The fourth-order valence-electron chi connectivity index (χ4n) is 2.12. The molecule has 0 aliphatic heterocycles. The summed E-state index contributed by atoms with van der Waals surface area (Å²) >= 11 is 0. The number of amides is 1. The van der Waals surface area contributed by atoms with E-state index < -0.39 is 0 Å². The van der Waals surface area contributed by atoms with Crippen LogP contribution in [0.15, 0.2) is 59.7 Å². The Bertz CT molecular complexity index is 742. The van der Waals surface area contributed by atoms with Crippen LogP contribution in [0.1, 0.15) is 24.5 Å². The number of rotatable bonds is 8. The summed E-state index contributed by atoms with van der Waals surface area (Å²) in [6, 6.07) is 17.3. The molecule has 0 spiro atoms. The molecule has 0 unspecified atom stereocenters. The number of carbonyl (C=O) groups excluding carboxylic acids is 2. The molecule has 0 atom stereocenters. The Kier molecular flexibility index (Phi) is 7.36. The minimum atomic E-state index is -0.383. The predicted molar refractivity (Wildman–Crippen MR) is 98.8 cm³/mol. The molecule has 6 nitrogen and oxygen atoms in total. The van der Waals surface area contributed by atoms with Crippen LogP contribution >= 0.6 is 0 Å². The van der Waals surface area contributed by atoms with Crippen LogP contribution in [0, 0.1) is 0 Å². The highest BCUT2D eigenvalue weighted by Gasteiger charge is 2.09. The van der Waals surface area contributed by atoms with Crippen LogP contribution in [0.5, 0.6) is 5.75 Å². The van der Waals surface area contributed by atoms with E-state index >= 15 is 0 Å². The quantitative estimate of drug-likeness (QED) is 0.415. The van der Waals surface area contributed by atoms with Gasteiger partial charge in [-0.2, -0.15) is 5.10 Å². The third-order valence-electron chi connectivity index (χ3n) is 3.59. The number of ether oxygens (including phenoxy) is 2. The number of hydrogen-bond donors (Lipinski definition) is 0. The largest absolute Gasteiger partial charge is 0.489 e. The Morgan fingerprint density at radius 3 is 2.38 bits per heavy atom. The first kappa shape index (κ1) is 19.2. The van der Waals surface area contributed by atoms with Crippen LogP contribution in [0.4, 0.5) is 0 Å². The lowest BCUT2D eigenvalue weighted by molar-refractivity contribution is -0.141. The molecule has 0 aliphatic carbocycles. The van der Waals surface area contributed by atoms with Crippen LogP contribution < -0.4 is 4.74 Å². The summed E-state index contributed by atoms with van der Waals surface area (Å²) in [4.78, 5) is 22.8. The van der Waals surface area contributed by atoms with Gasteiger partial charge in [-0.3, -0.25) is 9.59 Å². The van der Waals surface area contributed by atoms with Crippen molar-refractivity contribution in [3.63, 3.8) is 0 Å². The minimum absolute atomic E-state index is 0.0969. The summed E-state index contributed by atoms with van der Waals surface area (Å²) in [6.07, 6.45) is 1.67. The molecule has 0 fully saturated rings. The number of nitrogens with zero attached hydrogens (tertiary/aromatic N) is 2. The summed E-state index contributed by atoms with van der Waals surface area (Å²) in [7, 11) is 1.31. The maximum Gasteiger partial charge on any atom is 0.307 e. The van der Waals surface area contributed by atoms with Gasteiger partial charge in [-0.1, -0.05) is 30.3 Å². The molecule has 0 saturated carbocycles. The zero-order valence-corrected chi connectivity index (χ0v) is 14.9. The molecule has 6 heteroatoms. The molecule has 136 valence electrons. The first-order chi connectivity index (χ1) is 12.6. The third-order valence-corrected chi connectivity index (χ3v) is 3.59. The second kappa shape index (κ2) is 9.98. The maximum absolute atomic E-state index is 11.6. The van der Waals surface area contributed by atoms with E-state index in [2.05, 4.69) is 9.84 Å². The summed E-state index contributed by atoms with van der Waals surface area (Å²) in [6.45, 7) is 2.08. The molecule has 1 amide bonds. The monoisotopic (exact) mass is 354 g/mol. The molecule has 0 aliphatic rings. The number of hydrogen-bond acceptors (Lipinski definition) is 5. The van der Waals surface area contributed by atoms with Crippen molar-refractivity contribution in [2.75, 3.05) is 13.7 Å². The third kappa shape index (κ3) is 6.39. The highest BCUT2D eigenvalue weighted by atomic mass is 16.5. The highest BCUT2D eigenvalue weighted by molar-refractivity contribution is 5.82. The van der Waals surface area contributed by atoms with Crippen molar-refractivity contribution in [1.82, 2.24) is 5.01 Å². The number of benzene rings is 2. The first-order valence-corrected chi connectivity index (χ1v) is 8.24. The highest BCUT2D eigenvalue weighted by Crippen LogP contribution is 2.13. The second-order valence-corrected chi connectivity index (χ2v) is 5.56. The summed E-state index contributed by atoms with van der Waals surface area (Å²) in [5.41, 5.74) is 1.92. The van der Waals surface area contributed by atoms with Gasteiger partial charge in [0.05, 0.1) is 26.3 Å². The van der Waals surface area contributed by atoms with Crippen molar-refractivity contribution in [3.8, 4) is 5.75 Å². The number of carbonyl (C=O) groups is 2. The van der Waals surface area contributed by atoms with Gasteiger partial charge in [-0.05, 0) is 35.4 Å². The van der Waals surface area contributed by atoms with E-state index in [9.17, 15) is 9.59 Å². The molecule has 0 N–H and O–H groups in total. The van der Waals surface area contributed by atoms with Crippen molar-refractivity contribution in [1.29, 1.82) is 0 Å². The topological polar surface area (TPSA) is 68.2 Å². The standard InChI is InChI=1S/C20H22N2O4/c1-16(23)22(13-12-20(24)25-2)21-14-17-8-10-19(11-9-17)26-15-18-6-4-3-5-7-18/h3-11,14H,12-13,15H2,1-2H3. The van der Waals surface area contributed by atoms with Gasteiger partial charge >= 0.3 is 5.97 Å². The fourth-order valence-corrected chi connectivity index (χ4v) is 2.12. The van der Waals surface area contributed by atoms with Gasteiger partial charge in [-0.25, -0.2) is 5.01 Å². The molecule has 2 aromatic carbocycles. The van der Waals surface area contributed by atoms with Crippen LogP contribution in [-0.2, 0) is 20.9 Å². The van der Waals surface area contributed by atoms with Crippen molar-refractivity contribution in [3.05, 3.63) is 65.7 Å². The van der Waals surface area contributed by atoms with E-state index in [1.54, 1.807) is 6.21 Å². The molecular weight excluding hydrogens is 332 g/mol. The lowest BCUT2D eigenvalue weighted by Gasteiger charge is -2.13. The number of hydrazone groups is 1. The normalized spacial score (nSPS) is 10.5. The van der Waals surface area contributed by atoms with Gasteiger partial charge in [0.15, 0.2) is 0 Å². The Balaban J connectivity index is 1.90. The molecule has 0 bridgehead atoms. The van der Waals surface area contributed by atoms with Crippen molar-refractivity contribution in [2.24, 2.45) is 5.10 Å². The van der Waals surface area contributed by atoms with Crippen molar-refractivity contribution >= 4 is 18.1 Å². The van der Waals surface area contributed by atoms with Gasteiger partial charge in [0.2, 0.25) is 5.91 Å². The van der Waals surface area contributed by atoms with E-state index in [1.165, 1.54) is 19.0 Å². The SMILES string of the molecule is COC(=O)CCN(N=Cc1ccc(OCc2ccccc2)cc1)C(C)=O. The van der Waals surface area contributed by atoms with Gasteiger partial charge < -0.3 is 9.47 Å². The molecule has 2 rings (SSSR count). The van der Waals surface area contributed by atoms with Crippen molar-refractivity contribution < 1.29 is 19.1 Å². The van der Waals surface area contributed by atoms with Gasteiger partial charge in [0.25, 0.3) is 0 Å². The Morgan fingerprint density at radius 1 is 1.08 bits per heavy atom. The number of esters is 1. The van der Waals surface area contributed by atoms with Crippen LogP contribution in [0.3, 0.4) is 0 Å². The molecule has 26 heavy (non-hydrogen) atoms. The van der Waals surface area contributed by atoms with Crippen LogP contribution in [0.25, 0.3) is 0 Å². The minimum Gasteiger partial charge on any atom is -0.489 e. The smallest absolute Gasteiger partial charge is 0.307 e. The molecule has 0 radical (unpaired) electrons. The van der Waals surface area contributed by atoms with Crippen LogP contribution in [-0.4, -0.2) is 36.8 Å². The second-order valence-electron chi connectivity index (χ2n) is 5.56. The van der Waals surface area contributed by atoms with Crippen molar-refractivity contribution in [2.45, 2.75) is 20.0 Å². The number of methoxy groups -OCH3 is 1. The maximum atomic E-state index is 11.6. The molecule has 0 aromatic heterocycles. The van der Waals surface area contributed by atoms with E-state index in [0.717, 1.165) is 16.9 Å². The van der Waals surface area contributed by atoms with Crippen LogP contribution in [0.2, 0.25) is 0 Å². The summed E-state index contributed by atoms with van der Waals surface area (Å²) in [5, 5.41) is 5.37. The molecule has 2 aromatic rings. The molecule has 0 heterocycles. The lowest BCUT2D eigenvalue weighted by atomic mass is 10.2. The van der Waals surface area contributed by atoms with E-state index in [4.69, 9.17) is 4.74 Å². The summed E-state index contributed by atoms with van der Waals surface area (Å²) < 4.78 is 10.3. The average molecular weight is 354 g/mol. The molecule has 0 saturated heterocycles. The zero-order valence-electron chi connectivity index (χ0n) is 14.9. The Labute approximate surface area is 153 Å². The van der Waals surface area contributed by atoms with E-state index in [-0.39, 0.29) is 24.8 Å². The Hall–Kier alpha value is -3.15. The first-order valence-electron chi connectivity index (χ1n) is 8.24. The van der Waals surface area contributed by atoms with E-state index in [1.807, 2.05) is 54.6 Å². The summed E-state index contributed by atoms with van der Waals surface area (Å²) in [5.74, 6) is 0.124. The Morgan fingerprint density at radius 2 is 1.77 bits per heavy atom. The molecular formula is C20H22N2O4.